The summed E-state index contributed by atoms with van der Waals surface area (Å²) in [7, 11) is -5.11. The Kier molecular flexibility index (Phi) is 5.37. The molecule has 0 heterocycles. The van der Waals surface area contributed by atoms with Crippen LogP contribution in [0.4, 0.5) is 4.39 Å². The molecule has 0 radical (unpaired) electrons. The third-order valence-electron chi connectivity index (χ3n) is 2.38. The van der Waals surface area contributed by atoms with E-state index in [2.05, 4.69) is 5.32 Å². The number of carbonyl (C=O) groups is 1. The van der Waals surface area contributed by atoms with Gasteiger partial charge in [0, 0.05) is 28.9 Å². The first-order chi connectivity index (χ1) is 9.11. The van der Waals surface area contributed by atoms with Crippen LogP contribution in [0.1, 0.15) is 17.3 Å². The van der Waals surface area contributed by atoms with Gasteiger partial charge in [0.05, 0.1) is 10.5 Å². The fourth-order valence-electron chi connectivity index (χ4n) is 1.55. The van der Waals surface area contributed by atoms with E-state index in [0.717, 1.165) is 12.1 Å². The van der Waals surface area contributed by atoms with Crippen molar-refractivity contribution in [2.75, 3.05) is 12.0 Å². The Bertz CT molecular complexity index is 646. The van der Waals surface area contributed by atoms with Gasteiger partial charge in [-0.2, -0.15) is 0 Å². The third-order valence-corrected chi connectivity index (χ3v) is 4.26. The molecule has 2 atom stereocenters. The van der Waals surface area contributed by atoms with Gasteiger partial charge in [-0.25, -0.2) is 17.9 Å². The van der Waals surface area contributed by atoms with E-state index in [1.54, 1.807) is 6.92 Å². The molecular weight excluding hydrogens is 307 g/mol. The van der Waals surface area contributed by atoms with Crippen LogP contribution in [0.15, 0.2) is 23.1 Å². The van der Waals surface area contributed by atoms with Gasteiger partial charge in [-0.05, 0) is 25.1 Å². The Balaban J connectivity index is 2.93. The molecule has 0 spiro atoms. The van der Waals surface area contributed by atoms with Crippen molar-refractivity contribution in [2.24, 2.45) is 5.14 Å². The fraction of sp³-hybridized carbons (Fsp3) is 0.364. The second kappa shape index (κ2) is 6.42. The van der Waals surface area contributed by atoms with Crippen LogP contribution >= 0.6 is 0 Å². The molecule has 6 nitrogen and oxygen atoms in total. The molecular formula is C11H15FN2O4S2. The zero-order valence-corrected chi connectivity index (χ0v) is 12.6. The normalized spacial score (nSPS) is 14.6. The molecule has 3 N–H and O–H groups in total. The lowest BCUT2D eigenvalue weighted by atomic mass is 10.2. The Hall–Kier alpha value is -1.32. The van der Waals surface area contributed by atoms with E-state index in [1.807, 2.05) is 0 Å². The minimum absolute atomic E-state index is 0.239. The first kappa shape index (κ1) is 16.7. The number of hydrogen-bond donors (Lipinski definition) is 2. The SMILES string of the molecule is CC(CS(C)=O)NC(=O)c1ccc(S(N)(=O)=O)cc1F. The molecule has 0 aliphatic heterocycles. The predicted molar refractivity (Wildman–Crippen MR) is 73.6 cm³/mol. The van der Waals surface area contributed by atoms with E-state index >= 15 is 0 Å². The van der Waals surface area contributed by atoms with Crippen LogP contribution < -0.4 is 10.5 Å². The Morgan fingerprint density at radius 3 is 2.55 bits per heavy atom. The number of primary sulfonamides is 1. The van der Waals surface area contributed by atoms with Crippen LogP contribution in [0.5, 0.6) is 0 Å². The van der Waals surface area contributed by atoms with E-state index in [-0.39, 0.29) is 11.3 Å². The quantitative estimate of drug-likeness (QED) is 0.794. The highest BCUT2D eigenvalue weighted by atomic mass is 32.2. The van der Waals surface area contributed by atoms with E-state index in [9.17, 15) is 21.8 Å². The van der Waals surface area contributed by atoms with Crippen LogP contribution in [0.2, 0.25) is 0 Å². The molecule has 0 aliphatic carbocycles. The fourth-order valence-corrected chi connectivity index (χ4v) is 2.87. The number of carbonyl (C=O) groups excluding carboxylic acids is 1. The first-order valence-electron chi connectivity index (χ1n) is 5.54. The summed E-state index contributed by atoms with van der Waals surface area (Å²) in [5, 5.41) is 7.33. The van der Waals surface area contributed by atoms with Crippen molar-refractivity contribution in [1.29, 1.82) is 0 Å². The summed E-state index contributed by atoms with van der Waals surface area (Å²) in [5.74, 6) is -1.46. The molecule has 112 valence electrons. The second-order valence-electron chi connectivity index (χ2n) is 4.30. The monoisotopic (exact) mass is 322 g/mol. The van der Waals surface area contributed by atoms with Crippen LogP contribution in [0.25, 0.3) is 0 Å². The summed E-state index contributed by atoms with van der Waals surface area (Å²) < 4.78 is 46.8. The molecule has 1 aromatic rings. The lowest BCUT2D eigenvalue weighted by molar-refractivity contribution is 0.0939. The van der Waals surface area contributed by atoms with Crippen LogP contribution in [0, 0.1) is 5.82 Å². The minimum atomic E-state index is -4.02. The van der Waals surface area contributed by atoms with Gasteiger partial charge in [0.15, 0.2) is 0 Å². The largest absolute Gasteiger partial charge is 0.349 e. The van der Waals surface area contributed by atoms with Gasteiger partial charge < -0.3 is 5.32 Å². The lowest BCUT2D eigenvalue weighted by Gasteiger charge is -2.13. The molecule has 0 aliphatic rings. The maximum atomic E-state index is 13.7. The van der Waals surface area contributed by atoms with Crippen molar-refractivity contribution in [1.82, 2.24) is 5.32 Å². The van der Waals surface area contributed by atoms with Crippen molar-refractivity contribution in [3.8, 4) is 0 Å². The number of amides is 1. The van der Waals surface area contributed by atoms with Crippen molar-refractivity contribution >= 4 is 26.7 Å². The van der Waals surface area contributed by atoms with E-state index in [4.69, 9.17) is 5.14 Å². The first-order valence-corrected chi connectivity index (χ1v) is 8.82. The Morgan fingerprint density at radius 2 is 2.10 bits per heavy atom. The van der Waals surface area contributed by atoms with Crippen molar-refractivity contribution in [2.45, 2.75) is 17.9 Å². The number of nitrogens with one attached hydrogen (secondary N) is 1. The number of halogens is 1. The van der Waals surface area contributed by atoms with Gasteiger partial charge in [0.2, 0.25) is 10.0 Å². The van der Waals surface area contributed by atoms with E-state index in [1.165, 1.54) is 6.26 Å². The summed E-state index contributed by atoms with van der Waals surface area (Å²) in [6.45, 7) is 1.63. The molecule has 20 heavy (non-hydrogen) atoms. The average molecular weight is 322 g/mol. The average Bonchev–Trinajstić information content (AvgIpc) is 2.25. The summed E-state index contributed by atoms with van der Waals surface area (Å²) in [6.07, 6.45) is 1.49. The number of hydrogen-bond acceptors (Lipinski definition) is 4. The summed E-state index contributed by atoms with van der Waals surface area (Å²) in [6, 6.07) is 2.38. The van der Waals surface area contributed by atoms with Crippen molar-refractivity contribution in [3.05, 3.63) is 29.6 Å². The molecule has 0 saturated heterocycles. The van der Waals surface area contributed by atoms with Crippen LogP contribution in [-0.2, 0) is 20.8 Å². The van der Waals surface area contributed by atoms with Gasteiger partial charge in [-0.1, -0.05) is 0 Å². The number of rotatable bonds is 5. The maximum absolute atomic E-state index is 13.7. The summed E-state index contributed by atoms with van der Waals surface area (Å²) in [5.41, 5.74) is -0.300. The molecule has 1 amide bonds. The van der Waals surface area contributed by atoms with Gasteiger partial charge >= 0.3 is 0 Å². The van der Waals surface area contributed by atoms with Crippen LogP contribution in [0.3, 0.4) is 0 Å². The zero-order valence-electron chi connectivity index (χ0n) is 10.9. The molecule has 2 unspecified atom stereocenters. The third kappa shape index (κ3) is 4.66. The molecule has 0 aromatic heterocycles. The highest BCUT2D eigenvalue weighted by Gasteiger charge is 2.17. The summed E-state index contributed by atoms with van der Waals surface area (Å²) in [4.78, 5) is 11.4. The molecule has 0 fully saturated rings. The lowest BCUT2D eigenvalue weighted by Crippen LogP contribution is -2.36. The molecule has 1 aromatic carbocycles. The smallest absolute Gasteiger partial charge is 0.254 e. The van der Waals surface area contributed by atoms with Gasteiger partial charge in [-0.3, -0.25) is 9.00 Å². The number of nitrogens with two attached hydrogens (primary N) is 1. The maximum Gasteiger partial charge on any atom is 0.254 e. The van der Waals surface area contributed by atoms with Gasteiger partial charge in [0.1, 0.15) is 5.82 Å². The Morgan fingerprint density at radius 1 is 1.50 bits per heavy atom. The molecule has 9 heteroatoms. The van der Waals surface area contributed by atoms with Crippen molar-refractivity contribution < 1.29 is 21.8 Å². The van der Waals surface area contributed by atoms with Gasteiger partial charge in [0.25, 0.3) is 5.91 Å². The highest BCUT2D eigenvalue weighted by molar-refractivity contribution is 7.89. The molecule has 0 bridgehead atoms. The molecule has 1 rings (SSSR count). The summed E-state index contributed by atoms with van der Waals surface area (Å²) >= 11 is 0. The number of sulfonamides is 1. The number of benzene rings is 1. The van der Waals surface area contributed by atoms with Crippen LogP contribution in [-0.4, -0.2) is 36.6 Å². The zero-order chi connectivity index (χ0) is 15.5. The topological polar surface area (TPSA) is 106 Å². The van der Waals surface area contributed by atoms with E-state index in [0.29, 0.717) is 6.07 Å². The predicted octanol–water partition coefficient (Wildman–Crippen LogP) is -0.0301. The standard InChI is InChI=1S/C11H15FN2O4S2/c1-7(6-19(2)16)14-11(15)9-4-3-8(5-10(9)12)20(13,17)18/h3-5,7H,6H2,1-2H3,(H,14,15)(H2,13,17,18). The van der Waals surface area contributed by atoms with Gasteiger partial charge in [-0.15, -0.1) is 0 Å². The highest BCUT2D eigenvalue weighted by Crippen LogP contribution is 2.14. The van der Waals surface area contributed by atoms with E-state index < -0.39 is 43.5 Å². The van der Waals surface area contributed by atoms with Crippen molar-refractivity contribution in [3.63, 3.8) is 0 Å². The Labute approximate surface area is 119 Å². The minimum Gasteiger partial charge on any atom is -0.349 e. The molecule has 0 saturated carbocycles. The second-order valence-corrected chi connectivity index (χ2v) is 7.34.